The molecule has 1 atom stereocenters. The van der Waals surface area contributed by atoms with E-state index in [1.165, 1.54) is 16.8 Å². The molecule has 1 unspecified atom stereocenters. The van der Waals surface area contributed by atoms with Crippen molar-refractivity contribution in [3.63, 3.8) is 0 Å². The van der Waals surface area contributed by atoms with Crippen LogP contribution in [0.4, 0.5) is 5.69 Å². The van der Waals surface area contributed by atoms with E-state index in [4.69, 9.17) is 4.74 Å². The predicted octanol–water partition coefficient (Wildman–Crippen LogP) is 1.43. The van der Waals surface area contributed by atoms with Crippen molar-refractivity contribution in [2.75, 3.05) is 51.3 Å². The first-order valence-corrected chi connectivity index (χ1v) is 7.32. The van der Waals surface area contributed by atoms with Gasteiger partial charge in [-0.25, -0.2) is 0 Å². The summed E-state index contributed by atoms with van der Waals surface area (Å²) < 4.78 is 4.98. The van der Waals surface area contributed by atoms with Crippen LogP contribution in [0.15, 0.2) is 18.2 Å². The van der Waals surface area contributed by atoms with Crippen LogP contribution < -0.4 is 4.90 Å². The van der Waals surface area contributed by atoms with Gasteiger partial charge in [0.1, 0.15) is 0 Å². The number of hydrogen-bond donors (Lipinski definition) is 1. The number of β-amino-alcohol motifs (C(OH)–C–C–N with tert-alkyl or cyclic N) is 1. The lowest BCUT2D eigenvalue weighted by Gasteiger charge is -2.37. The smallest absolute Gasteiger partial charge is 0.0900 e. The highest BCUT2D eigenvalue weighted by atomic mass is 16.5. The van der Waals surface area contributed by atoms with Crippen LogP contribution in [0.5, 0.6) is 0 Å². The first-order valence-electron chi connectivity index (χ1n) is 7.32. The van der Waals surface area contributed by atoms with Crippen molar-refractivity contribution in [1.29, 1.82) is 0 Å². The number of ether oxygens (including phenoxy) is 1. The van der Waals surface area contributed by atoms with Gasteiger partial charge in [-0.1, -0.05) is 12.1 Å². The highest BCUT2D eigenvalue weighted by Crippen LogP contribution is 2.23. The van der Waals surface area contributed by atoms with Gasteiger partial charge in [-0.3, -0.25) is 4.90 Å². The lowest BCUT2D eigenvalue weighted by atomic mass is 10.1. The first-order chi connectivity index (χ1) is 9.61. The summed E-state index contributed by atoms with van der Waals surface area (Å²) in [6.45, 7) is 9.50. The number of aliphatic hydroxyl groups is 1. The molecule has 1 N–H and O–H groups in total. The number of aryl methyl sites for hydroxylation is 1. The van der Waals surface area contributed by atoms with Gasteiger partial charge in [-0.15, -0.1) is 0 Å². The molecule has 0 bridgehead atoms. The van der Waals surface area contributed by atoms with Crippen molar-refractivity contribution < 1.29 is 9.84 Å². The molecule has 4 heteroatoms. The minimum absolute atomic E-state index is 0.382. The van der Waals surface area contributed by atoms with Gasteiger partial charge in [-0.2, -0.15) is 0 Å². The van der Waals surface area contributed by atoms with Gasteiger partial charge in [0.25, 0.3) is 0 Å². The van der Waals surface area contributed by atoms with Crippen molar-refractivity contribution in [1.82, 2.24) is 4.90 Å². The molecule has 1 aliphatic rings. The zero-order valence-corrected chi connectivity index (χ0v) is 12.8. The summed E-state index contributed by atoms with van der Waals surface area (Å²) in [7, 11) is 1.63. The number of benzene rings is 1. The van der Waals surface area contributed by atoms with E-state index in [9.17, 15) is 5.11 Å². The van der Waals surface area contributed by atoms with Gasteiger partial charge < -0.3 is 14.7 Å². The van der Waals surface area contributed by atoms with E-state index in [1.807, 2.05) is 0 Å². The minimum atomic E-state index is -0.382. The van der Waals surface area contributed by atoms with Gasteiger partial charge in [0.15, 0.2) is 0 Å². The van der Waals surface area contributed by atoms with Crippen LogP contribution in [0.1, 0.15) is 11.1 Å². The van der Waals surface area contributed by atoms with Gasteiger partial charge in [0, 0.05) is 45.5 Å². The summed E-state index contributed by atoms with van der Waals surface area (Å²) in [5.41, 5.74) is 4.07. The van der Waals surface area contributed by atoms with E-state index in [1.54, 1.807) is 7.11 Å². The lowest BCUT2D eigenvalue weighted by molar-refractivity contribution is 0.0365. The fraction of sp³-hybridized carbons (Fsp3) is 0.625. The summed E-state index contributed by atoms with van der Waals surface area (Å²) in [4.78, 5) is 4.76. The van der Waals surface area contributed by atoms with Gasteiger partial charge >= 0.3 is 0 Å². The molecule has 0 spiro atoms. The molecule has 0 aromatic heterocycles. The van der Waals surface area contributed by atoms with Crippen LogP contribution in [-0.2, 0) is 4.74 Å². The maximum atomic E-state index is 9.78. The van der Waals surface area contributed by atoms with E-state index in [2.05, 4.69) is 41.8 Å². The molecule has 2 rings (SSSR count). The molecule has 4 nitrogen and oxygen atoms in total. The average molecular weight is 278 g/mol. The van der Waals surface area contributed by atoms with Crippen LogP contribution in [0, 0.1) is 13.8 Å². The SMILES string of the molecule is COCC(O)CN1CCN(c2cccc(C)c2C)CC1. The molecule has 1 aromatic rings. The monoisotopic (exact) mass is 278 g/mol. The summed E-state index contributed by atoms with van der Waals surface area (Å²) in [5, 5.41) is 9.78. The molecule has 112 valence electrons. The number of methoxy groups -OCH3 is 1. The summed E-state index contributed by atoms with van der Waals surface area (Å²) in [6.07, 6.45) is -0.382. The molecule has 0 saturated carbocycles. The minimum Gasteiger partial charge on any atom is -0.389 e. The fourth-order valence-corrected chi connectivity index (χ4v) is 2.79. The third kappa shape index (κ3) is 3.72. The van der Waals surface area contributed by atoms with Crippen molar-refractivity contribution >= 4 is 5.69 Å². The Kier molecular flexibility index (Phi) is 5.40. The van der Waals surface area contributed by atoms with Crippen molar-refractivity contribution in [3.05, 3.63) is 29.3 Å². The maximum Gasteiger partial charge on any atom is 0.0900 e. The molecule has 0 amide bonds. The maximum absolute atomic E-state index is 9.78. The Morgan fingerprint density at radius 2 is 1.90 bits per heavy atom. The molecular formula is C16H26N2O2. The van der Waals surface area contributed by atoms with Crippen molar-refractivity contribution in [3.8, 4) is 0 Å². The average Bonchev–Trinajstić information content (AvgIpc) is 2.43. The zero-order valence-electron chi connectivity index (χ0n) is 12.8. The summed E-state index contributed by atoms with van der Waals surface area (Å²) in [5.74, 6) is 0. The number of piperazine rings is 1. The third-order valence-electron chi connectivity index (χ3n) is 4.12. The Hall–Kier alpha value is -1.10. The topological polar surface area (TPSA) is 35.9 Å². The van der Waals surface area contributed by atoms with E-state index >= 15 is 0 Å². The molecule has 0 radical (unpaired) electrons. The Morgan fingerprint density at radius 1 is 1.20 bits per heavy atom. The number of aliphatic hydroxyl groups excluding tert-OH is 1. The highest BCUT2D eigenvalue weighted by Gasteiger charge is 2.20. The molecule has 1 aromatic carbocycles. The van der Waals surface area contributed by atoms with Crippen LogP contribution in [0.2, 0.25) is 0 Å². The number of hydrogen-bond acceptors (Lipinski definition) is 4. The standard InChI is InChI=1S/C16H26N2O2/c1-13-5-4-6-16(14(13)2)18-9-7-17(8-10-18)11-15(19)12-20-3/h4-6,15,19H,7-12H2,1-3H3. The number of nitrogens with zero attached hydrogens (tertiary/aromatic N) is 2. The zero-order chi connectivity index (χ0) is 14.5. The number of rotatable bonds is 5. The second-order valence-electron chi connectivity index (χ2n) is 5.62. The molecule has 1 saturated heterocycles. The predicted molar refractivity (Wildman–Crippen MR) is 82.5 cm³/mol. The lowest BCUT2D eigenvalue weighted by Crippen LogP contribution is -2.49. The van der Waals surface area contributed by atoms with Crippen LogP contribution >= 0.6 is 0 Å². The highest BCUT2D eigenvalue weighted by molar-refractivity contribution is 5.56. The van der Waals surface area contributed by atoms with Gasteiger partial charge in [0.05, 0.1) is 12.7 Å². The van der Waals surface area contributed by atoms with E-state index in [0.717, 1.165) is 26.2 Å². The van der Waals surface area contributed by atoms with E-state index < -0.39 is 0 Å². The second kappa shape index (κ2) is 7.07. The van der Waals surface area contributed by atoms with Crippen molar-refractivity contribution in [2.45, 2.75) is 20.0 Å². The summed E-state index contributed by atoms with van der Waals surface area (Å²) >= 11 is 0. The largest absolute Gasteiger partial charge is 0.389 e. The van der Waals surface area contributed by atoms with E-state index in [-0.39, 0.29) is 6.10 Å². The number of anilines is 1. The van der Waals surface area contributed by atoms with Crippen LogP contribution in [0.25, 0.3) is 0 Å². The van der Waals surface area contributed by atoms with Crippen molar-refractivity contribution in [2.24, 2.45) is 0 Å². The molecular weight excluding hydrogens is 252 g/mol. The normalized spacial score (nSPS) is 18.3. The quantitative estimate of drug-likeness (QED) is 0.884. The fourth-order valence-electron chi connectivity index (χ4n) is 2.79. The Balaban J connectivity index is 1.89. The van der Waals surface area contributed by atoms with E-state index in [0.29, 0.717) is 13.2 Å². The Bertz CT molecular complexity index is 428. The molecule has 0 aliphatic carbocycles. The Labute approximate surface area is 122 Å². The third-order valence-corrected chi connectivity index (χ3v) is 4.12. The second-order valence-corrected chi connectivity index (χ2v) is 5.62. The van der Waals surface area contributed by atoms with Crippen LogP contribution in [-0.4, -0.2) is 62.6 Å². The van der Waals surface area contributed by atoms with Gasteiger partial charge in [0.2, 0.25) is 0 Å². The van der Waals surface area contributed by atoms with Crippen LogP contribution in [0.3, 0.4) is 0 Å². The molecule has 1 heterocycles. The molecule has 1 fully saturated rings. The molecule has 1 aliphatic heterocycles. The summed E-state index contributed by atoms with van der Waals surface area (Å²) in [6, 6.07) is 6.50. The van der Waals surface area contributed by atoms with Gasteiger partial charge in [-0.05, 0) is 31.0 Å². The Morgan fingerprint density at radius 3 is 2.55 bits per heavy atom. The molecule has 20 heavy (non-hydrogen) atoms. The first kappa shape index (κ1) is 15.3.